The van der Waals surface area contributed by atoms with Crippen molar-refractivity contribution >= 4 is 16.8 Å². The second kappa shape index (κ2) is 9.96. The van der Waals surface area contributed by atoms with Crippen LogP contribution in [0.25, 0.3) is 22.3 Å². The summed E-state index contributed by atoms with van der Waals surface area (Å²) in [6.07, 6.45) is 0. The molecule has 0 spiro atoms. The molecule has 4 rings (SSSR count). The highest BCUT2D eigenvalue weighted by molar-refractivity contribution is 6.19. The van der Waals surface area contributed by atoms with Crippen molar-refractivity contribution in [3.05, 3.63) is 89.5 Å². The number of nitrogens with zero attached hydrogens (tertiary/aromatic N) is 1. The molecule has 0 unspecified atom stereocenters. The first kappa shape index (κ1) is 22.7. The van der Waals surface area contributed by atoms with Gasteiger partial charge in [-0.25, -0.2) is 8.78 Å². The Morgan fingerprint density at radius 2 is 1.67 bits per heavy atom. The molecule has 0 radical (unpaired) electrons. The first-order chi connectivity index (χ1) is 16.0. The van der Waals surface area contributed by atoms with Crippen LogP contribution >= 0.6 is 0 Å². The van der Waals surface area contributed by atoms with Crippen LogP contribution < -0.4 is 4.74 Å². The van der Waals surface area contributed by atoms with E-state index in [9.17, 15) is 13.6 Å². The molecule has 0 aliphatic carbocycles. The quantitative estimate of drug-likeness (QED) is 0.280. The van der Waals surface area contributed by atoms with Crippen LogP contribution in [0.4, 0.5) is 8.78 Å². The number of fused-ring (bicyclic) bond motifs is 1. The summed E-state index contributed by atoms with van der Waals surface area (Å²) in [7, 11) is 0. The molecule has 0 bridgehead atoms. The molecule has 0 atom stereocenters. The number of hydrogen-bond acceptors (Lipinski definition) is 4. The molecule has 4 aromatic rings. The van der Waals surface area contributed by atoms with Gasteiger partial charge in [0.25, 0.3) is 0 Å². The van der Waals surface area contributed by atoms with Crippen molar-refractivity contribution in [2.24, 2.45) is 0 Å². The molecule has 6 heteroatoms. The smallest absolute Gasteiger partial charge is 0.200 e. The lowest BCUT2D eigenvalue weighted by atomic mass is 9.97. The Bertz CT molecular complexity index is 1260. The predicted octanol–water partition coefficient (Wildman–Crippen LogP) is 6.33. The van der Waals surface area contributed by atoms with Crippen molar-refractivity contribution in [2.75, 3.05) is 26.2 Å². The minimum Gasteiger partial charge on any atom is -0.492 e. The summed E-state index contributed by atoms with van der Waals surface area (Å²) >= 11 is 0. The Morgan fingerprint density at radius 1 is 0.939 bits per heavy atom. The van der Waals surface area contributed by atoms with Crippen LogP contribution in [-0.4, -0.2) is 36.9 Å². The van der Waals surface area contributed by atoms with Crippen LogP contribution in [0.3, 0.4) is 0 Å². The number of benzene rings is 3. The van der Waals surface area contributed by atoms with Gasteiger partial charge < -0.3 is 14.1 Å². The van der Waals surface area contributed by atoms with E-state index in [2.05, 4.69) is 18.7 Å². The largest absolute Gasteiger partial charge is 0.492 e. The van der Waals surface area contributed by atoms with E-state index in [4.69, 9.17) is 9.15 Å². The molecule has 0 amide bonds. The Balaban J connectivity index is 1.67. The van der Waals surface area contributed by atoms with Crippen LogP contribution in [0.1, 0.15) is 29.8 Å². The fraction of sp³-hybridized carbons (Fsp3) is 0.222. The normalized spacial score (nSPS) is 11.3. The summed E-state index contributed by atoms with van der Waals surface area (Å²) in [6, 6.07) is 17.8. The number of para-hydroxylation sites is 1. The molecular weight excluding hydrogens is 424 g/mol. The van der Waals surface area contributed by atoms with E-state index in [0.717, 1.165) is 25.7 Å². The van der Waals surface area contributed by atoms with Gasteiger partial charge in [0, 0.05) is 17.5 Å². The topological polar surface area (TPSA) is 42.7 Å². The summed E-state index contributed by atoms with van der Waals surface area (Å²) in [6.45, 7) is 7.55. The molecule has 33 heavy (non-hydrogen) atoms. The van der Waals surface area contributed by atoms with Gasteiger partial charge in [0.05, 0.1) is 11.1 Å². The van der Waals surface area contributed by atoms with E-state index >= 15 is 0 Å². The van der Waals surface area contributed by atoms with Gasteiger partial charge in [-0.2, -0.15) is 0 Å². The van der Waals surface area contributed by atoms with Gasteiger partial charge in [-0.05, 0) is 55.6 Å². The third-order valence-corrected chi connectivity index (χ3v) is 5.71. The molecule has 0 saturated carbocycles. The van der Waals surface area contributed by atoms with Gasteiger partial charge in [-0.1, -0.05) is 38.1 Å². The number of carbonyl (C=O) groups excluding carboxylic acids is 1. The lowest BCUT2D eigenvalue weighted by molar-refractivity contribution is 0.103. The van der Waals surface area contributed by atoms with E-state index < -0.39 is 17.4 Å². The molecule has 0 aliphatic heterocycles. The lowest BCUT2D eigenvalue weighted by Gasteiger charge is -2.18. The number of ether oxygens (including phenoxy) is 1. The van der Waals surface area contributed by atoms with Gasteiger partial charge in [0.1, 0.15) is 23.7 Å². The van der Waals surface area contributed by atoms with Gasteiger partial charge in [-0.3, -0.25) is 4.79 Å². The third-order valence-electron chi connectivity index (χ3n) is 5.71. The highest BCUT2D eigenvalue weighted by Gasteiger charge is 2.26. The lowest BCUT2D eigenvalue weighted by Crippen LogP contribution is -2.27. The van der Waals surface area contributed by atoms with Gasteiger partial charge >= 0.3 is 0 Å². The first-order valence-electron chi connectivity index (χ1n) is 11.0. The molecule has 3 aromatic carbocycles. The Hall–Kier alpha value is -3.51. The summed E-state index contributed by atoms with van der Waals surface area (Å²) in [5.74, 6) is -1.87. The number of furan rings is 1. The minimum absolute atomic E-state index is 0.199. The van der Waals surface area contributed by atoms with Crippen LogP contribution in [0.2, 0.25) is 0 Å². The fourth-order valence-electron chi connectivity index (χ4n) is 3.82. The van der Waals surface area contributed by atoms with Gasteiger partial charge in [0.2, 0.25) is 5.78 Å². The number of likely N-dealkylation sites (N-methyl/N-ethyl adjacent to an activating group) is 1. The molecule has 0 fully saturated rings. The number of ketones is 1. The van der Waals surface area contributed by atoms with Crippen molar-refractivity contribution in [1.29, 1.82) is 0 Å². The minimum atomic E-state index is -1.17. The summed E-state index contributed by atoms with van der Waals surface area (Å²) < 4.78 is 40.0. The van der Waals surface area contributed by atoms with E-state index in [0.29, 0.717) is 34.6 Å². The molecule has 0 aliphatic rings. The number of rotatable bonds is 9. The van der Waals surface area contributed by atoms with Crippen LogP contribution in [-0.2, 0) is 0 Å². The highest BCUT2D eigenvalue weighted by Crippen LogP contribution is 2.36. The van der Waals surface area contributed by atoms with Gasteiger partial charge in [0.15, 0.2) is 11.6 Å². The van der Waals surface area contributed by atoms with Crippen LogP contribution in [0.5, 0.6) is 5.75 Å². The maximum atomic E-state index is 14.4. The monoisotopic (exact) mass is 449 g/mol. The van der Waals surface area contributed by atoms with Crippen LogP contribution in [0, 0.1) is 11.6 Å². The number of halogens is 2. The van der Waals surface area contributed by atoms with Crippen molar-refractivity contribution in [1.82, 2.24) is 4.90 Å². The standard InChI is InChI=1S/C27H25F2NO3/c1-3-30(4-2)16-17-32-19-14-12-18(13-15-19)27-24(20-8-5-6-11-23(20)33-27)26(31)21-9-7-10-22(28)25(21)29/h5-15H,3-4,16-17H2,1-2H3. The average Bonchev–Trinajstić information content (AvgIpc) is 3.23. The van der Waals surface area contributed by atoms with Crippen molar-refractivity contribution in [2.45, 2.75) is 13.8 Å². The fourth-order valence-corrected chi connectivity index (χ4v) is 3.82. The summed E-state index contributed by atoms with van der Waals surface area (Å²) in [5.41, 5.74) is 0.999. The molecule has 0 saturated heterocycles. The molecule has 4 nitrogen and oxygen atoms in total. The maximum absolute atomic E-state index is 14.4. The van der Waals surface area contributed by atoms with Crippen molar-refractivity contribution < 1.29 is 22.7 Å². The zero-order valence-electron chi connectivity index (χ0n) is 18.6. The third kappa shape index (κ3) is 4.66. The van der Waals surface area contributed by atoms with Crippen molar-refractivity contribution in [3.8, 4) is 17.1 Å². The second-order valence-electron chi connectivity index (χ2n) is 7.63. The zero-order chi connectivity index (χ0) is 23.4. The van der Waals surface area contributed by atoms with E-state index in [1.807, 2.05) is 12.1 Å². The Morgan fingerprint density at radius 3 is 2.39 bits per heavy atom. The SMILES string of the molecule is CCN(CC)CCOc1ccc(-c2oc3ccccc3c2C(=O)c2cccc(F)c2F)cc1. The van der Waals surface area contributed by atoms with E-state index in [1.54, 1.807) is 36.4 Å². The average molecular weight is 449 g/mol. The molecule has 170 valence electrons. The van der Waals surface area contributed by atoms with E-state index in [1.165, 1.54) is 12.1 Å². The summed E-state index contributed by atoms with van der Waals surface area (Å²) in [4.78, 5) is 15.6. The Labute approximate surface area is 191 Å². The first-order valence-corrected chi connectivity index (χ1v) is 11.0. The van der Waals surface area contributed by atoms with Crippen molar-refractivity contribution in [3.63, 3.8) is 0 Å². The van der Waals surface area contributed by atoms with E-state index in [-0.39, 0.29) is 11.1 Å². The zero-order valence-corrected chi connectivity index (χ0v) is 18.6. The molecule has 1 aromatic heterocycles. The number of hydrogen-bond donors (Lipinski definition) is 0. The van der Waals surface area contributed by atoms with Crippen LogP contribution in [0.15, 0.2) is 71.1 Å². The van der Waals surface area contributed by atoms with Gasteiger partial charge in [-0.15, -0.1) is 0 Å². The molecule has 0 N–H and O–H groups in total. The molecule has 1 heterocycles. The predicted molar refractivity (Wildman–Crippen MR) is 125 cm³/mol. The highest BCUT2D eigenvalue weighted by atomic mass is 19.2. The molecular formula is C27H25F2NO3. The number of carbonyl (C=O) groups is 1. The second-order valence-corrected chi connectivity index (χ2v) is 7.63. The maximum Gasteiger partial charge on any atom is 0.200 e. The Kier molecular flexibility index (Phi) is 6.84. The summed E-state index contributed by atoms with van der Waals surface area (Å²) in [5, 5.41) is 0.542.